The monoisotopic (exact) mass is 357 g/mol. The van der Waals surface area contributed by atoms with Crippen LogP contribution in [0.2, 0.25) is 0 Å². The van der Waals surface area contributed by atoms with Crippen LogP contribution in [0.4, 0.5) is 26.1 Å². The lowest BCUT2D eigenvalue weighted by molar-refractivity contribution is 0.581. The molecule has 0 aliphatic carbocycles. The van der Waals surface area contributed by atoms with Crippen molar-refractivity contribution < 1.29 is 8.78 Å². The lowest BCUT2D eigenvalue weighted by Gasteiger charge is -2.14. The summed E-state index contributed by atoms with van der Waals surface area (Å²) in [6.07, 6.45) is 0.596. The first-order valence-corrected chi connectivity index (χ1v) is 7.01. The summed E-state index contributed by atoms with van der Waals surface area (Å²) in [7, 11) is 0. The Hall–Kier alpha value is -1.80. The molecule has 0 unspecified atom stereocenters. The van der Waals surface area contributed by atoms with Crippen LogP contribution >= 0.6 is 15.9 Å². The van der Waals surface area contributed by atoms with Gasteiger partial charge in [-0.15, -0.1) is 0 Å². The smallest absolute Gasteiger partial charge is 0.149 e. The topological polar surface area (TPSA) is 75.9 Å². The number of nitrogens with one attached hydrogen (secondary N) is 2. The first-order valence-electron chi connectivity index (χ1n) is 6.22. The van der Waals surface area contributed by atoms with Crippen molar-refractivity contribution in [2.24, 2.45) is 5.84 Å². The van der Waals surface area contributed by atoms with E-state index in [1.54, 1.807) is 6.92 Å². The number of rotatable bonds is 4. The molecule has 5 nitrogen and oxygen atoms in total. The molecule has 0 amide bonds. The van der Waals surface area contributed by atoms with Gasteiger partial charge in [0.25, 0.3) is 0 Å². The maximum Gasteiger partial charge on any atom is 0.149 e. The minimum Gasteiger partial charge on any atom is -0.337 e. The van der Waals surface area contributed by atoms with Crippen molar-refractivity contribution in [3.63, 3.8) is 0 Å². The fraction of sp³-hybridized carbons (Fsp3) is 0.231. The third kappa shape index (κ3) is 3.27. The summed E-state index contributed by atoms with van der Waals surface area (Å²) in [5.41, 5.74) is 3.22. The van der Waals surface area contributed by atoms with E-state index in [0.29, 0.717) is 29.4 Å². The van der Waals surface area contributed by atoms with Crippen LogP contribution in [0, 0.1) is 18.6 Å². The van der Waals surface area contributed by atoms with Crippen LogP contribution in [0.3, 0.4) is 0 Å². The standard InChI is InChI=1S/C13H14BrF2N5/c1-3-11-19-12(6(2)13(20-11)21-17)18-10-4-7(14)8(15)5-9(10)16/h4-5H,3,17H2,1-2H3,(H2,18,19,20,21). The van der Waals surface area contributed by atoms with E-state index >= 15 is 0 Å². The van der Waals surface area contributed by atoms with Crippen LogP contribution in [0.1, 0.15) is 18.3 Å². The average molecular weight is 358 g/mol. The molecule has 0 spiro atoms. The van der Waals surface area contributed by atoms with Crippen molar-refractivity contribution in [1.29, 1.82) is 0 Å². The second-order valence-electron chi connectivity index (χ2n) is 4.33. The number of halogens is 3. The highest BCUT2D eigenvalue weighted by Gasteiger charge is 2.13. The second kappa shape index (κ2) is 6.31. The first kappa shape index (κ1) is 15.6. The van der Waals surface area contributed by atoms with Crippen LogP contribution < -0.4 is 16.6 Å². The van der Waals surface area contributed by atoms with Gasteiger partial charge in [-0.2, -0.15) is 0 Å². The van der Waals surface area contributed by atoms with Crippen molar-refractivity contribution in [2.45, 2.75) is 20.3 Å². The number of nitrogen functional groups attached to an aromatic ring is 1. The van der Waals surface area contributed by atoms with E-state index in [2.05, 4.69) is 36.6 Å². The Morgan fingerprint density at radius 2 is 1.86 bits per heavy atom. The Bertz CT molecular complexity index is 678. The lowest BCUT2D eigenvalue weighted by atomic mass is 10.2. The summed E-state index contributed by atoms with van der Waals surface area (Å²) in [6, 6.07) is 2.11. The summed E-state index contributed by atoms with van der Waals surface area (Å²) in [5.74, 6) is 5.44. The van der Waals surface area contributed by atoms with Gasteiger partial charge in [-0.1, -0.05) is 6.92 Å². The third-order valence-electron chi connectivity index (χ3n) is 2.91. The molecular formula is C13H14BrF2N5. The van der Waals surface area contributed by atoms with E-state index in [9.17, 15) is 8.78 Å². The van der Waals surface area contributed by atoms with Gasteiger partial charge < -0.3 is 10.7 Å². The molecule has 0 saturated heterocycles. The number of aromatic nitrogens is 2. The van der Waals surface area contributed by atoms with E-state index in [4.69, 9.17) is 5.84 Å². The first-order chi connectivity index (χ1) is 9.96. The molecule has 1 heterocycles. The summed E-state index contributed by atoms with van der Waals surface area (Å²) in [4.78, 5) is 8.51. The highest BCUT2D eigenvalue weighted by molar-refractivity contribution is 9.10. The van der Waals surface area contributed by atoms with Crippen molar-refractivity contribution in [3.05, 3.63) is 39.6 Å². The van der Waals surface area contributed by atoms with Gasteiger partial charge in [0.05, 0.1) is 10.2 Å². The van der Waals surface area contributed by atoms with Crippen LogP contribution in [-0.2, 0) is 6.42 Å². The summed E-state index contributed by atoms with van der Waals surface area (Å²) in [6.45, 7) is 3.64. The van der Waals surface area contributed by atoms with Gasteiger partial charge in [-0.25, -0.2) is 24.6 Å². The van der Waals surface area contributed by atoms with Crippen LogP contribution in [0.5, 0.6) is 0 Å². The molecule has 2 aromatic rings. The van der Waals surface area contributed by atoms with Crippen molar-refractivity contribution in [2.75, 3.05) is 10.7 Å². The third-order valence-corrected chi connectivity index (χ3v) is 3.52. The Morgan fingerprint density at radius 1 is 1.19 bits per heavy atom. The number of hydrazine groups is 1. The van der Waals surface area contributed by atoms with E-state index < -0.39 is 11.6 Å². The van der Waals surface area contributed by atoms with Crippen LogP contribution in [-0.4, -0.2) is 9.97 Å². The van der Waals surface area contributed by atoms with Crippen molar-refractivity contribution in [1.82, 2.24) is 9.97 Å². The maximum atomic E-state index is 13.8. The van der Waals surface area contributed by atoms with Gasteiger partial charge in [0, 0.05) is 18.1 Å². The van der Waals surface area contributed by atoms with Gasteiger partial charge in [-0.05, 0) is 28.9 Å². The van der Waals surface area contributed by atoms with E-state index in [-0.39, 0.29) is 10.2 Å². The number of benzene rings is 1. The number of hydrogen-bond donors (Lipinski definition) is 3. The molecule has 0 saturated carbocycles. The Morgan fingerprint density at radius 3 is 2.48 bits per heavy atom. The molecule has 0 aliphatic rings. The van der Waals surface area contributed by atoms with Gasteiger partial charge in [0.1, 0.15) is 29.1 Å². The molecule has 1 aromatic heterocycles. The summed E-state index contributed by atoms with van der Waals surface area (Å²) >= 11 is 3.02. The zero-order chi connectivity index (χ0) is 15.6. The van der Waals surface area contributed by atoms with Crippen LogP contribution in [0.15, 0.2) is 16.6 Å². The predicted octanol–water partition coefficient (Wildman–Crippen LogP) is 3.42. The molecular weight excluding hydrogens is 344 g/mol. The largest absolute Gasteiger partial charge is 0.337 e. The normalized spacial score (nSPS) is 10.6. The molecule has 112 valence electrons. The van der Waals surface area contributed by atoms with Gasteiger partial charge in [0.15, 0.2) is 0 Å². The molecule has 8 heteroatoms. The molecule has 4 N–H and O–H groups in total. The molecule has 0 bridgehead atoms. The fourth-order valence-electron chi connectivity index (χ4n) is 1.73. The van der Waals surface area contributed by atoms with Gasteiger partial charge in [0.2, 0.25) is 0 Å². The van der Waals surface area contributed by atoms with E-state index in [0.717, 1.165) is 6.07 Å². The number of nitrogens with two attached hydrogens (primary N) is 1. The average Bonchev–Trinajstić information content (AvgIpc) is 2.46. The molecule has 0 fully saturated rings. The van der Waals surface area contributed by atoms with Gasteiger partial charge >= 0.3 is 0 Å². The minimum absolute atomic E-state index is 0.107. The van der Waals surface area contributed by atoms with Crippen molar-refractivity contribution >= 4 is 33.3 Å². The number of aryl methyl sites for hydroxylation is 1. The van der Waals surface area contributed by atoms with Crippen molar-refractivity contribution in [3.8, 4) is 0 Å². The highest BCUT2D eigenvalue weighted by atomic mass is 79.9. The second-order valence-corrected chi connectivity index (χ2v) is 5.19. The molecule has 0 aliphatic heterocycles. The zero-order valence-corrected chi connectivity index (χ0v) is 13.1. The fourth-order valence-corrected chi connectivity index (χ4v) is 2.07. The maximum absolute atomic E-state index is 13.8. The molecule has 2 rings (SSSR count). The van der Waals surface area contributed by atoms with E-state index in [1.807, 2.05) is 6.92 Å². The minimum atomic E-state index is -0.714. The number of hydrogen-bond acceptors (Lipinski definition) is 5. The SMILES string of the molecule is CCc1nc(NN)c(C)c(Nc2cc(Br)c(F)cc2F)n1. The predicted molar refractivity (Wildman–Crippen MR) is 81.3 cm³/mol. The molecule has 0 radical (unpaired) electrons. The Labute approximate surface area is 129 Å². The lowest BCUT2D eigenvalue weighted by Crippen LogP contribution is -2.14. The summed E-state index contributed by atoms with van der Waals surface area (Å²) in [5, 5.41) is 2.84. The Kier molecular flexibility index (Phi) is 4.69. The number of anilines is 3. The number of nitrogens with zero attached hydrogens (tertiary/aromatic N) is 2. The summed E-state index contributed by atoms with van der Waals surface area (Å²) < 4.78 is 27.2. The van der Waals surface area contributed by atoms with Crippen LogP contribution in [0.25, 0.3) is 0 Å². The van der Waals surface area contributed by atoms with E-state index in [1.165, 1.54) is 6.07 Å². The Balaban J connectivity index is 2.46. The van der Waals surface area contributed by atoms with Gasteiger partial charge in [-0.3, -0.25) is 0 Å². The zero-order valence-electron chi connectivity index (χ0n) is 11.5. The molecule has 0 atom stereocenters. The quantitative estimate of drug-likeness (QED) is 0.444. The highest BCUT2D eigenvalue weighted by Crippen LogP contribution is 2.28. The molecule has 1 aromatic carbocycles. The molecule has 21 heavy (non-hydrogen) atoms.